The highest BCUT2D eigenvalue weighted by Gasteiger charge is 2.19. The van der Waals surface area contributed by atoms with E-state index in [1.807, 2.05) is 31.3 Å². The molecule has 166 valence electrons. The lowest BCUT2D eigenvalue weighted by Crippen LogP contribution is -2.16. The lowest BCUT2D eigenvalue weighted by molar-refractivity contribution is 0.242. The quantitative estimate of drug-likeness (QED) is 0.394. The van der Waals surface area contributed by atoms with Crippen LogP contribution in [0.4, 0.5) is 16.2 Å². The van der Waals surface area contributed by atoms with E-state index in [0.29, 0.717) is 28.2 Å². The summed E-state index contributed by atoms with van der Waals surface area (Å²) in [6.07, 6.45) is 3.35. The van der Waals surface area contributed by atoms with Crippen molar-refractivity contribution in [3.05, 3.63) is 77.3 Å². The lowest BCUT2D eigenvalue weighted by Gasteiger charge is -2.16. The molecule has 0 amide bonds. The Kier molecular flexibility index (Phi) is 5.45. The number of hydrogen-bond donors (Lipinski definition) is 2. The summed E-state index contributed by atoms with van der Waals surface area (Å²) in [5.74, 6) is 0.641. The predicted octanol–water partition coefficient (Wildman–Crippen LogP) is 3.74. The Morgan fingerprint density at radius 1 is 1.12 bits per heavy atom. The number of fused-ring (bicyclic) bond motifs is 1. The molecule has 2 N–H and O–H groups in total. The molecule has 5 aromatic rings. The number of rotatable bonds is 6. The highest BCUT2D eigenvalue weighted by molar-refractivity contribution is 6.30. The molecule has 0 saturated carbocycles. The number of nitrogens with zero attached hydrogens (tertiary/aromatic N) is 7. The van der Waals surface area contributed by atoms with Crippen LogP contribution in [0.25, 0.3) is 22.3 Å². The van der Waals surface area contributed by atoms with Gasteiger partial charge in [-0.1, -0.05) is 28.9 Å². The maximum atomic E-state index is 14.0. The number of aliphatic hydroxyl groups excluding tert-OH is 1. The van der Waals surface area contributed by atoms with Crippen molar-refractivity contribution in [2.75, 3.05) is 11.9 Å². The molecule has 0 bridgehead atoms. The Morgan fingerprint density at radius 2 is 2.00 bits per heavy atom. The van der Waals surface area contributed by atoms with Crippen LogP contribution in [0.3, 0.4) is 0 Å². The number of nitrogens with one attached hydrogen (secondary N) is 1. The Morgan fingerprint density at radius 3 is 2.76 bits per heavy atom. The van der Waals surface area contributed by atoms with Crippen LogP contribution < -0.4 is 5.32 Å². The smallest absolute Gasteiger partial charge is 0.228 e. The summed E-state index contributed by atoms with van der Waals surface area (Å²) in [6.45, 7) is -0.282. The summed E-state index contributed by atoms with van der Waals surface area (Å²) in [6, 6.07) is 13.0. The van der Waals surface area contributed by atoms with E-state index in [9.17, 15) is 9.50 Å². The first-order chi connectivity index (χ1) is 16.0. The minimum absolute atomic E-state index is 0.0191. The van der Waals surface area contributed by atoms with Gasteiger partial charge in [0.05, 0.1) is 29.0 Å². The third-order valence-electron chi connectivity index (χ3n) is 5.28. The van der Waals surface area contributed by atoms with Gasteiger partial charge < -0.3 is 10.4 Å². The summed E-state index contributed by atoms with van der Waals surface area (Å²) in [5, 5.41) is 25.7. The van der Waals surface area contributed by atoms with Crippen LogP contribution in [0.1, 0.15) is 11.6 Å². The second kappa shape index (κ2) is 8.57. The first-order valence-electron chi connectivity index (χ1n) is 10.0. The molecule has 11 heteroatoms. The second-order valence-electron chi connectivity index (χ2n) is 7.34. The van der Waals surface area contributed by atoms with Gasteiger partial charge in [0, 0.05) is 24.9 Å². The third-order valence-corrected chi connectivity index (χ3v) is 5.59. The van der Waals surface area contributed by atoms with E-state index in [2.05, 4.69) is 30.7 Å². The van der Waals surface area contributed by atoms with Gasteiger partial charge in [0.25, 0.3) is 0 Å². The molecule has 0 saturated heterocycles. The maximum Gasteiger partial charge on any atom is 0.228 e. The lowest BCUT2D eigenvalue weighted by atomic mass is 10.1. The van der Waals surface area contributed by atoms with Crippen molar-refractivity contribution in [2.45, 2.75) is 6.04 Å². The van der Waals surface area contributed by atoms with Crippen molar-refractivity contribution in [3.63, 3.8) is 0 Å². The first kappa shape index (κ1) is 21.0. The SMILES string of the molecule is Cn1nccc1Nc1nccc(-c2ccc3c(c2)nnn3C(CO)c2ccc(Cl)c(F)c2)n1. The van der Waals surface area contributed by atoms with Gasteiger partial charge in [-0.25, -0.2) is 19.0 Å². The van der Waals surface area contributed by atoms with Crippen molar-refractivity contribution >= 4 is 34.4 Å². The second-order valence-corrected chi connectivity index (χ2v) is 7.75. The zero-order chi connectivity index (χ0) is 22.9. The van der Waals surface area contributed by atoms with Crippen LogP contribution >= 0.6 is 11.6 Å². The van der Waals surface area contributed by atoms with E-state index in [-0.39, 0.29) is 11.6 Å². The van der Waals surface area contributed by atoms with Crippen LogP contribution in [0.2, 0.25) is 5.02 Å². The van der Waals surface area contributed by atoms with E-state index in [1.54, 1.807) is 33.9 Å². The highest BCUT2D eigenvalue weighted by atomic mass is 35.5. The largest absolute Gasteiger partial charge is 0.394 e. The zero-order valence-electron chi connectivity index (χ0n) is 17.4. The molecule has 2 aromatic carbocycles. The van der Waals surface area contributed by atoms with Crippen molar-refractivity contribution in [1.29, 1.82) is 0 Å². The molecule has 3 heterocycles. The van der Waals surface area contributed by atoms with Crippen LogP contribution in [0, 0.1) is 5.82 Å². The summed E-state index contributed by atoms with van der Waals surface area (Å²) in [7, 11) is 1.82. The van der Waals surface area contributed by atoms with Gasteiger partial charge in [0.15, 0.2) is 0 Å². The number of hydrogen-bond acceptors (Lipinski definition) is 7. The number of benzene rings is 2. The Hall–Kier alpha value is -3.89. The minimum Gasteiger partial charge on any atom is -0.394 e. The van der Waals surface area contributed by atoms with E-state index in [1.165, 1.54) is 12.1 Å². The maximum absolute atomic E-state index is 14.0. The zero-order valence-corrected chi connectivity index (χ0v) is 18.1. The van der Waals surface area contributed by atoms with Gasteiger partial charge in [0.1, 0.15) is 23.2 Å². The number of aromatic nitrogens is 7. The molecule has 0 aliphatic heterocycles. The standard InChI is InChI=1S/C22H18ClFN8O/c1-31-21(7-9-26-31)28-22-25-8-6-17(27-22)13-3-5-19-18(11-13)29-30-32(19)20(12-33)14-2-4-15(23)16(24)10-14/h2-11,20,33H,12H2,1H3,(H,25,27,28). The normalized spacial score (nSPS) is 12.2. The van der Waals surface area contributed by atoms with Crippen molar-refractivity contribution in [1.82, 2.24) is 34.7 Å². The molecule has 0 aliphatic rings. The molecular formula is C22H18ClFN8O. The van der Waals surface area contributed by atoms with Gasteiger partial charge in [-0.2, -0.15) is 5.10 Å². The molecule has 5 rings (SSSR count). The predicted molar refractivity (Wildman–Crippen MR) is 122 cm³/mol. The fourth-order valence-electron chi connectivity index (χ4n) is 3.57. The van der Waals surface area contributed by atoms with E-state index in [4.69, 9.17) is 11.6 Å². The summed E-state index contributed by atoms with van der Waals surface area (Å²) < 4.78 is 17.2. The molecule has 3 aromatic heterocycles. The van der Waals surface area contributed by atoms with Crippen molar-refractivity contribution in [3.8, 4) is 11.3 Å². The number of anilines is 2. The molecule has 0 fully saturated rings. The number of aryl methyl sites for hydroxylation is 1. The Balaban J connectivity index is 1.47. The minimum atomic E-state index is -0.610. The first-order valence-corrected chi connectivity index (χ1v) is 10.4. The summed E-state index contributed by atoms with van der Waals surface area (Å²) in [5.41, 5.74) is 3.36. The van der Waals surface area contributed by atoms with Gasteiger partial charge in [-0.3, -0.25) is 4.68 Å². The number of halogens is 2. The van der Waals surface area contributed by atoms with E-state index >= 15 is 0 Å². The fraction of sp³-hybridized carbons (Fsp3) is 0.136. The van der Waals surface area contributed by atoms with Crippen LogP contribution in [0.15, 0.2) is 60.9 Å². The van der Waals surface area contributed by atoms with Gasteiger partial charge in [-0.15, -0.1) is 5.10 Å². The molecule has 9 nitrogen and oxygen atoms in total. The van der Waals surface area contributed by atoms with Crippen LogP contribution in [-0.4, -0.2) is 46.5 Å². The van der Waals surface area contributed by atoms with Crippen molar-refractivity contribution in [2.24, 2.45) is 7.05 Å². The highest BCUT2D eigenvalue weighted by Crippen LogP contribution is 2.28. The molecule has 0 radical (unpaired) electrons. The molecule has 1 unspecified atom stereocenters. The molecule has 1 atom stereocenters. The topological polar surface area (TPSA) is 107 Å². The molecular weight excluding hydrogens is 447 g/mol. The van der Waals surface area contributed by atoms with Crippen molar-refractivity contribution < 1.29 is 9.50 Å². The van der Waals surface area contributed by atoms with Crippen LogP contribution in [-0.2, 0) is 7.05 Å². The molecule has 0 spiro atoms. The fourth-order valence-corrected chi connectivity index (χ4v) is 3.68. The van der Waals surface area contributed by atoms with Gasteiger partial charge >= 0.3 is 0 Å². The van der Waals surface area contributed by atoms with Gasteiger partial charge in [-0.05, 0) is 35.9 Å². The summed E-state index contributed by atoms with van der Waals surface area (Å²) in [4.78, 5) is 8.84. The Bertz CT molecular complexity index is 1450. The Labute approximate surface area is 192 Å². The van der Waals surface area contributed by atoms with E-state index in [0.717, 1.165) is 11.4 Å². The third kappa shape index (κ3) is 4.01. The monoisotopic (exact) mass is 464 g/mol. The molecule has 33 heavy (non-hydrogen) atoms. The van der Waals surface area contributed by atoms with Gasteiger partial charge in [0.2, 0.25) is 5.95 Å². The number of aliphatic hydroxyl groups is 1. The van der Waals surface area contributed by atoms with E-state index < -0.39 is 11.9 Å². The average Bonchev–Trinajstić information content (AvgIpc) is 3.43. The summed E-state index contributed by atoms with van der Waals surface area (Å²) >= 11 is 5.79. The molecule has 0 aliphatic carbocycles. The average molecular weight is 465 g/mol. The van der Waals surface area contributed by atoms with Crippen LogP contribution in [0.5, 0.6) is 0 Å².